The molecule has 2 aromatic heterocycles. The van der Waals surface area contributed by atoms with E-state index in [2.05, 4.69) is 22.0 Å². The molecule has 0 bridgehead atoms. The second kappa shape index (κ2) is 10.4. The molecule has 4 aromatic rings. The van der Waals surface area contributed by atoms with E-state index in [-0.39, 0.29) is 32.3 Å². The van der Waals surface area contributed by atoms with Crippen LogP contribution in [-0.2, 0) is 26.5 Å². The van der Waals surface area contributed by atoms with Gasteiger partial charge in [-0.05, 0) is 37.7 Å². The van der Waals surface area contributed by atoms with Crippen molar-refractivity contribution in [2.24, 2.45) is 0 Å². The normalized spacial score (nSPS) is 10.9. The number of pyridine rings is 2. The predicted octanol–water partition coefficient (Wildman–Crippen LogP) is 7.05. The Bertz CT molecular complexity index is 1320. The standard InChI is InChI=1S/C26H17F2N3S.Pt/c1-26(2,22-13-8-14-23(31-22)32-17-9-5-4-6-10-17)21-12-7-11-20(30-21)18-15-16-19(27)25(29-3)24(18)28;/h4-9,11-14,16H,1-2H3;/q-2;+2. The average molecular weight is 637 g/mol. The maximum Gasteiger partial charge on any atom is 2.00 e. The van der Waals surface area contributed by atoms with E-state index in [1.807, 2.05) is 62.4 Å². The summed E-state index contributed by atoms with van der Waals surface area (Å²) >= 11 is 1.52. The maximum atomic E-state index is 14.7. The van der Waals surface area contributed by atoms with Crippen LogP contribution in [0.3, 0.4) is 0 Å². The van der Waals surface area contributed by atoms with Crippen molar-refractivity contribution in [2.45, 2.75) is 29.2 Å². The van der Waals surface area contributed by atoms with Crippen LogP contribution in [0, 0.1) is 30.3 Å². The van der Waals surface area contributed by atoms with Gasteiger partial charge in [-0.25, -0.2) is 4.98 Å². The third kappa shape index (κ3) is 5.21. The van der Waals surface area contributed by atoms with E-state index in [1.165, 1.54) is 11.8 Å². The van der Waals surface area contributed by atoms with E-state index in [4.69, 9.17) is 11.6 Å². The molecular weight excluding hydrogens is 619 g/mol. The molecule has 0 aliphatic carbocycles. The molecule has 0 radical (unpaired) electrons. The summed E-state index contributed by atoms with van der Waals surface area (Å²) in [5.74, 6) is -1.90. The van der Waals surface area contributed by atoms with E-state index in [0.29, 0.717) is 5.69 Å². The summed E-state index contributed by atoms with van der Waals surface area (Å²) in [6.07, 6.45) is 0. The summed E-state index contributed by atoms with van der Waals surface area (Å²) in [6.45, 7) is 11.0. The Labute approximate surface area is 210 Å². The number of hydrogen-bond acceptors (Lipinski definition) is 3. The van der Waals surface area contributed by atoms with Gasteiger partial charge in [0.15, 0.2) is 5.69 Å². The predicted molar refractivity (Wildman–Crippen MR) is 120 cm³/mol. The second-order valence-corrected chi connectivity index (χ2v) is 8.57. The summed E-state index contributed by atoms with van der Waals surface area (Å²) in [5.41, 5.74) is 0.459. The first-order valence-corrected chi connectivity index (χ1v) is 10.6. The Hall–Kier alpha value is -2.87. The zero-order chi connectivity index (χ0) is 22.7. The molecule has 7 heteroatoms. The summed E-state index contributed by atoms with van der Waals surface area (Å²) in [6, 6.07) is 25.4. The van der Waals surface area contributed by atoms with Gasteiger partial charge in [0.2, 0.25) is 0 Å². The molecule has 0 amide bonds. The van der Waals surface area contributed by atoms with Gasteiger partial charge in [0.05, 0.1) is 17.3 Å². The fraction of sp³-hybridized carbons (Fsp3) is 0.115. The van der Waals surface area contributed by atoms with Gasteiger partial charge < -0.3 is 4.98 Å². The van der Waals surface area contributed by atoms with Crippen LogP contribution in [-0.4, -0.2) is 9.97 Å². The number of aromatic nitrogens is 2. The van der Waals surface area contributed by atoms with Crippen molar-refractivity contribution in [1.29, 1.82) is 0 Å². The Morgan fingerprint density at radius 3 is 2.36 bits per heavy atom. The van der Waals surface area contributed by atoms with E-state index < -0.39 is 22.7 Å². The molecule has 166 valence electrons. The molecular formula is C26H17F2N3PtS. The van der Waals surface area contributed by atoms with E-state index >= 15 is 0 Å². The molecule has 0 saturated heterocycles. The Morgan fingerprint density at radius 2 is 1.67 bits per heavy atom. The van der Waals surface area contributed by atoms with Crippen LogP contribution in [0.1, 0.15) is 25.2 Å². The first-order chi connectivity index (χ1) is 15.4. The van der Waals surface area contributed by atoms with Crippen LogP contribution in [0.15, 0.2) is 76.7 Å². The molecule has 0 spiro atoms. The number of hydrogen-bond donors (Lipinski definition) is 0. The van der Waals surface area contributed by atoms with Crippen molar-refractivity contribution in [2.75, 3.05) is 0 Å². The van der Waals surface area contributed by atoms with Crippen molar-refractivity contribution < 1.29 is 29.8 Å². The monoisotopic (exact) mass is 636 g/mol. The molecule has 0 atom stereocenters. The molecule has 2 heterocycles. The molecule has 4 rings (SSSR count). The van der Waals surface area contributed by atoms with Gasteiger partial charge in [0.1, 0.15) is 0 Å². The number of benzene rings is 2. The van der Waals surface area contributed by atoms with Crippen molar-refractivity contribution >= 4 is 17.4 Å². The Balaban J connectivity index is 0.00000306. The van der Waals surface area contributed by atoms with Crippen LogP contribution in [0.2, 0.25) is 0 Å². The number of halogens is 2. The first-order valence-electron chi connectivity index (χ1n) is 9.77. The number of rotatable bonds is 5. The van der Waals surface area contributed by atoms with Crippen molar-refractivity contribution in [3.63, 3.8) is 0 Å². The van der Waals surface area contributed by atoms with Crippen molar-refractivity contribution in [3.8, 4) is 11.3 Å². The fourth-order valence-electron chi connectivity index (χ4n) is 3.21. The minimum atomic E-state index is -0.960. The SMILES string of the molecule is [C-]#[N+]c1c(F)c[c-]c(-c2cccc(C(C)(C)c3cccc(Sc4[c-]cccc4)n3)n2)c1F.[Pt+2]. The van der Waals surface area contributed by atoms with Crippen molar-refractivity contribution in [1.82, 2.24) is 9.97 Å². The number of nitrogens with zero attached hydrogens (tertiary/aromatic N) is 3. The zero-order valence-corrected chi connectivity index (χ0v) is 20.8. The summed E-state index contributed by atoms with van der Waals surface area (Å²) in [4.78, 5) is 13.3. The van der Waals surface area contributed by atoms with Gasteiger partial charge in [0, 0.05) is 22.7 Å². The fourth-order valence-corrected chi connectivity index (χ4v) is 3.99. The van der Waals surface area contributed by atoms with Crippen LogP contribution in [0.25, 0.3) is 16.1 Å². The minimum absolute atomic E-state index is 0. The maximum absolute atomic E-state index is 14.7. The smallest absolute Gasteiger partial charge is 0.300 e. The Morgan fingerprint density at radius 1 is 0.939 bits per heavy atom. The molecule has 3 nitrogen and oxygen atoms in total. The molecule has 0 N–H and O–H groups in total. The van der Waals surface area contributed by atoms with Gasteiger partial charge in [-0.3, -0.25) is 13.6 Å². The summed E-state index contributed by atoms with van der Waals surface area (Å²) in [5, 5.41) is 0.828. The molecule has 0 saturated carbocycles. The topological polar surface area (TPSA) is 30.1 Å². The van der Waals surface area contributed by atoms with Gasteiger partial charge in [-0.1, -0.05) is 34.9 Å². The minimum Gasteiger partial charge on any atom is -0.300 e. The van der Waals surface area contributed by atoms with Gasteiger partial charge in [-0.2, -0.15) is 30.3 Å². The summed E-state index contributed by atoms with van der Waals surface area (Å²) < 4.78 is 28.4. The third-order valence-electron chi connectivity index (χ3n) is 5.01. The van der Waals surface area contributed by atoms with Gasteiger partial charge >= 0.3 is 21.1 Å². The molecule has 0 aliphatic heterocycles. The second-order valence-electron chi connectivity index (χ2n) is 7.51. The van der Waals surface area contributed by atoms with Crippen LogP contribution >= 0.6 is 11.8 Å². The van der Waals surface area contributed by atoms with E-state index in [9.17, 15) is 8.78 Å². The van der Waals surface area contributed by atoms with Crippen LogP contribution < -0.4 is 0 Å². The van der Waals surface area contributed by atoms with Gasteiger partial charge in [0.25, 0.3) is 0 Å². The molecule has 2 aromatic carbocycles. The third-order valence-corrected chi connectivity index (χ3v) is 5.92. The zero-order valence-electron chi connectivity index (χ0n) is 17.7. The molecule has 0 fully saturated rings. The van der Waals surface area contributed by atoms with Crippen LogP contribution in [0.5, 0.6) is 0 Å². The van der Waals surface area contributed by atoms with Gasteiger partial charge in [-0.15, -0.1) is 17.7 Å². The van der Waals surface area contributed by atoms with Crippen molar-refractivity contribution in [3.05, 3.63) is 113 Å². The quantitative estimate of drug-likeness (QED) is 0.220. The average Bonchev–Trinajstić information content (AvgIpc) is 2.80. The summed E-state index contributed by atoms with van der Waals surface area (Å²) in [7, 11) is 0. The Kier molecular flexibility index (Phi) is 7.79. The molecule has 33 heavy (non-hydrogen) atoms. The van der Waals surface area contributed by atoms with E-state index in [0.717, 1.165) is 21.7 Å². The van der Waals surface area contributed by atoms with E-state index in [1.54, 1.807) is 12.1 Å². The molecule has 0 unspecified atom stereocenters. The first kappa shape index (κ1) is 24.8. The van der Waals surface area contributed by atoms with Crippen LogP contribution in [0.4, 0.5) is 14.5 Å². The molecule has 0 aliphatic rings. The largest absolute Gasteiger partial charge is 2.00 e.